The predicted octanol–water partition coefficient (Wildman–Crippen LogP) is -0.152. The zero-order chi connectivity index (χ0) is 12.9. The Hall–Kier alpha value is -1.14. The molecule has 0 fully saturated rings. The van der Waals surface area contributed by atoms with Gasteiger partial charge < -0.3 is 21.3 Å². The van der Waals surface area contributed by atoms with E-state index in [4.69, 9.17) is 21.3 Å². The summed E-state index contributed by atoms with van der Waals surface area (Å²) in [5.41, 5.74) is 10.2. The largest absolute Gasteiger partial charge is 0.480 e. The minimum atomic E-state index is -1.10. The Kier molecular flexibility index (Phi) is 5.40. The number of carboxylic acids is 1. The highest BCUT2D eigenvalue weighted by atomic mass is 16.6. The van der Waals surface area contributed by atoms with E-state index in [1.807, 2.05) is 0 Å². The van der Waals surface area contributed by atoms with Crippen molar-refractivity contribution in [3.8, 4) is 0 Å². The van der Waals surface area contributed by atoms with Crippen LogP contribution in [0.5, 0.6) is 0 Å². The zero-order valence-corrected chi connectivity index (χ0v) is 9.90. The van der Waals surface area contributed by atoms with Gasteiger partial charge in [0.15, 0.2) is 0 Å². The van der Waals surface area contributed by atoms with Gasteiger partial charge in [0.1, 0.15) is 17.7 Å². The summed E-state index contributed by atoms with van der Waals surface area (Å²) in [6.45, 7) is 5.21. The van der Waals surface area contributed by atoms with Gasteiger partial charge in [-0.2, -0.15) is 0 Å². The van der Waals surface area contributed by atoms with E-state index in [1.165, 1.54) is 0 Å². The molecule has 2 atom stereocenters. The van der Waals surface area contributed by atoms with E-state index in [1.54, 1.807) is 20.8 Å². The minimum Gasteiger partial charge on any atom is -0.480 e. The lowest BCUT2D eigenvalue weighted by atomic mass is 10.1. The maximum Gasteiger partial charge on any atom is 0.323 e. The van der Waals surface area contributed by atoms with Crippen LogP contribution < -0.4 is 11.5 Å². The van der Waals surface area contributed by atoms with Crippen LogP contribution in [0.1, 0.15) is 33.6 Å². The van der Waals surface area contributed by atoms with Crippen molar-refractivity contribution in [2.75, 3.05) is 0 Å². The van der Waals surface area contributed by atoms with Gasteiger partial charge in [0, 0.05) is 0 Å². The highest BCUT2D eigenvalue weighted by Gasteiger charge is 2.23. The summed E-state index contributed by atoms with van der Waals surface area (Å²) in [7, 11) is 0. The lowest BCUT2D eigenvalue weighted by Gasteiger charge is -2.22. The number of esters is 1. The molecular formula is C10H20N2O4. The second-order valence-electron chi connectivity index (χ2n) is 4.66. The molecule has 0 aliphatic rings. The van der Waals surface area contributed by atoms with Crippen molar-refractivity contribution in [3.05, 3.63) is 0 Å². The second kappa shape index (κ2) is 5.81. The summed E-state index contributed by atoms with van der Waals surface area (Å²) >= 11 is 0. The van der Waals surface area contributed by atoms with Crippen molar-refractivity contribution in [3.63, 3.8) is 0 Å². The summed E-state index contributed by atoms with van der Waals surface area (Å²) < 4.78 is 5.04. The summed E-state index contributed by atoms with van der Waals surface area (Å²) in [6.07, 6.45) is 0.345. The SMILES string of the molecule is CC(C)(C)OC(=O)C(N)CC[C@H](N)C(=O)O. The Bertz CT molecular complexity index is 260. The molecular weight excluding hydrogens is 212 g/mol. The van der Waals surface area contributed by atoms with Crippen molar-refractivity contribution in [1.82, 2.24) is 0 Å². The number of rotatable bonds is 5. The number of ether oxygens (including phenoxy) is 1. The second-order valence-corrected chi connectivity index (χ2v) is 4.66. The number of hydrogen-bond acceptors (Lipinski definition) is 5. The third kappa shape index (κ3) is 6.36. The molecule has 0 aliphatic heterocycles. The zero-order valence-electron chi connectivity index (χ0n) is 9.90. The standard InChI is InChI=1S/C10H20N2O4/c1-10(2,3)16-9(15)7(12)5-4-6(11)8(13)14/h6-7H,4-5,11-12H2,1-3H3,(H,13,14)/t6-,7?/m0/s1. The molecule has 0 aliphatic carbocycles. The van der Waals surface area contributed by atoms with Crippen LogP contribution in [0.3, 0.4) is 0 Å². The number of nitrogens with two attached hydrogens (primary N) is 2. The Morgan fingerprint density at radius 3 is 2.00 bits per heavy atom. The van der Waals surface area contributed by atoms with Crippen molar-refractivity contribution >= 4 is 11.9 Å². The molecule has 6 heteroatoms. The number of carbonyl (C=O) groups is 2. The molecule has 0 saturated carbocycles. The van der Waals surface area contributed by atoms with E-state index in [0.29, 0.717) is 0 Å². The Morgan fingerprint density at radius 1 is 1.19 bits per heavy atom. The summed E-state index contributed by atoms with van der Waals surface area (Å²) in [5.74, 6) is -1.64. The average Bonchev–Trinajstić information content (AvgIpc) is 2.10. The van der Waals surface area contributed by atoms with Crippen molar-refractivity contribution in [2.24, 2.45) is 11.5 Å². The smallest absolute Gasteiger partial charge is 0.323 e. The van der Waals surface area contributed by atoms with E-state index in [9.17, 15) is 9.59 Å². The van der Waals surface area contributed by atoms with Gasteiger partial charge in [-0.15, -0.1) is 0 Å². The lowest BCUT2D eigenvalue weighted by molar-refractivity contribution is -0.157. The quantitative estimate of drug-likeness (QED) is 0.567. The lowest BCUT2D eigenvalue weighted by Crippen LogP contribution is -2.39. The van der Waals surface area contributed by atoms with Crippen LogP contribution in [-0.4, -0.2) is 34.7 Å². The van der Waals surface area contributed by atoms with E-state index >= 15 is 0 Å². The molecule has 16 heavy (non-hydrogen) atoms. The topological polar surface area (TPSA) is 116 Å². The fourth-order valence-electron chi connectivity index (χ4n) is 0.978. The maximum atomic E-state index is 11.4. The molecule has 0 saturated heterocycles. The molecule has 0 radical (unpaired) electrons. The predicted molar refractivity (Wildman–Crippen MR) is 58.7 cm³/mol. The minimum absolute atomic E-state index is 0.149. The third-order valence-corrected chi connectivity index (χ3v) is 1.82. The fourth-order valence-corrected chi connectivity index (χ4v) is 0.978. The first-order valence-electron chi connectivity index (χ1n) is 5.10. The molecule has 0 aromatic rings. The fraction of sp³-hybridized carbons (Fsp3) is 0.800. The van der Waals surface area contributed by atoms with E-state index in [0.717, 1.165) is 0 Å². The summed E-state index contributed by atoms with van der Waals surface area (Å²) in [6, 6.07) is -1.82. The van der Waals surface area contributed by atoms with Gasteiger partial charge in [0.25, 0.3) is 0 Å². The van der Waals surface area contributed by atoms with Crippen LogP contribution in [0.15, 0.2) is 0 Å². The maximum absolute atomic E-state index is 11.4. The molecule has 0 aromatic heterocycles. The number of carbonyl (C=O) groups excluding carboxylic acids is 1. The highest BCUT2D eigenvalue weighted by Crippen LogP contribution is 2.10. The first kappa shape index (κ1) is 14.9. The van der Waals surface area contributed by atoms with Gasteiger partial charge in [-0.05, 0) is 33.6 Å². The number of aliphatic carboxylic acids is 1. The molecule has 94 valence electrons. The Morgan fingerprint density at radius 2 is 1.62 bits per heavy atom. The molecule has 0 amide bonds. The van der Waals surface area contributed by atoms with Crippen molar-refractivity contribution in [1.29, 1.82) is 0 Å². The van der Waals surface area contributed by atoms with E-state index < -0.39 is 29.6 Å². The molecule has 0 aromatic carbocycles. The molecule has 6 nitrogen and oxygen atoms in total. The first-order valence-corrected chi connectivity index (χ1v) is 5.10. The average molecular weight is 232 g/mol. The monoisotopic (exact) mass is 232 g/mol. The van der Waals surface area contributed by atoms with Crippen LogP contribution in [0.4, 0.5) is 0 Å². The first-order chi connectivity index (χ1) is 7.13. The van der Waals surface area contributed by atoms with Gasteiger partial charge >= 0.3 is 11.9 Å². The Balaban J connectivity index is 4.02. The van der Waals surface area contributed by atoms with Crippen LogP contribution in [0.25, 0.3) is 0 Å². The van der Waals surface area contributed by atoms with Gasteiger partial charge in [-0.3, -0.25) is 9.59 Å². The van der Waals surface area contributed by atoms with Crippen LogP contribution >= 0.6 is 0 Å². The van der Waals surface area contributed by atoms with Gasteiger partial charge in [-0.1, -0.05) is 0 Å². The molecule has 0 rings (SSSR count). The number of carboxylic acid groups (broad SMARTS) is 1. The summed E-state index contributed by atoms with van der Waals surface area (Å²) in [5, 5.41) is 8.54. The normalized spacial score (nSPS) is 15.3. The molecule has 5 N–H and O–H groups in total. The Labute approximate surface area is 94.9 Å². The van der Waals surface area contributed by atoms with Gasteiger partial charge in [0.2, 0.25) is 0 Å². The summed E-state index contributed by atoms with van der Waals surface area (Å²) in [4.78, 5) is 21.8. The molecule has 1 unspecified atom stereocenters. The van der Waals surface area contributed by atoms with Crippen molar-refractivity contribution < 1.29 is 19.4 Å². The van der Waals surface area contributed by atoms with E-state index in [2.05, 4.69) is 0 Å². The van der Waals surface area contributed by atoms with Crippen LogP contribution in [-0.2, 0) is 14.3 Å². The molecule has 0 heterocycles. The van der Waals surface area contributed by atoms with Crippen LogP contribution in [0, 0.1) is 0 Å². The highest BCUT2D eigenvalue weighted by molar-refractivity contribution is 5.76. The number of hydrogen-bond donors (Lipinski definition) is 3. The molecule has 0 spiro atoms. The van der Waals surface area contributed by atoms with Crippen LogP contribution in [0.2, 0.25) is 0 Å². The van der Waals surface area contributed by atoms with Crippen molar-refractivity contribution in [2.45, 2.75) is 51.3 Å². The molecule has 0 bridgehead atoms. The van der Waals surface area contributed by atoms with Gasteiger partial charge in [0.05, 0.1) is 0 Å². The third-order valence-electron chi connectivity index (χ3n) is 1.82. The van der Waals surface area contributed by atoms with Gasteiger partial charge in [-0.25, -0.2) is 0 Å². The van der Waals surface area contributed by atoms with E-state index in [-0.39, 0.29) is 12.8 Å².